The van der Waals surface area contributed by atoms with Crippen LogP contribution < -0.4 is 10.2 Å². The number of nitrogens with zero attached hydrogens (tertiary/aromatic N) is 1. The van der Waals surface area contributed by atoms with Crippen LogP contribution in [0, 0.1) is 6.92 Å². The second-order valence-corrected chi connectivity index (χ2v) is 6.26. The molecule has 0 aliphatic carbocycles. The highest BCUT2D eigenvalue weighted by molar-refractivity contribution is 9.10. The van der Waals surface area contributed by atoms with E-state index in [0.29, 0.717) is 0 Å². The van der Waals surface area contributed by atoms with Gasteiger partial charge in [-0.2, -0.15) is 0 Å². The van der Waals surface area contributed by atoms with Gasteiger partial charge < -0.3 is 10.2 Å². The Morgan fingerprint density at radius 2 is 1.95 bits per heavy atom. The number of hydrogen-bond acceptors (Lipinski definition) is 2. The number of benzene rings is 2. The van der Waals surface area contributed by atoms with Crippen molar-refractivity contribution in [3.05, 3.63) is 58.1 Å². The number of rotatable bonds is 6. The molecule has 2 nitrogen and oxygen atoms in total. The fourth-order valence-corrected chi connectivity index (χ4v) is 2.72. The minimum atomic E-state index is 0.895. The van der Waals surface area contributed by atoms with E-state index >= 15 is 0 Å². The number of hydrogen-bond donors (Lipinski definition) is 1. The molecule has 21 heavy (non-hydrogen) atoms. The largest absolute Gasteiger partial charge is 0.344 e. The first-order valence-electron chi connectivity index (χ1n) is 7.41. The molecule has 1 N–H and O–H groups in total. The van der Waals surface area contributed by atoms with Crippen molar-refractivity contribution in [2.75, 3.05) is 18.5 Å². The molecule has 0 fully saturated rings. The predicted octanol–water partition coefficient (Wildman–Crippen LogP) is 5.03. The van der Waals surface area contributed by atoms with Crippen molar-refractivity contribution in [1.82, 2.24) is 5.32 Å². The minimum Gasteiger partial charge on any atom is -0.344 e. The zero-order valence-electron chi connectivity index (χ0n) is 13.0. The summed E-state index contributed by atoms with van der Waals surface area (Å²) in [5, 5.41) is 3.49. The third-order valence-electron chi connectivity index (χ3n) is 3.54. The maximum Gasteiger partial charge on any atom is 0.0465 e. The molecule has 0 aliphatic rings. The maximum absolute atomic E-state index is 3.59. The molecule has 2 rings (SSSR count). The van der Waals surface area contributed by atoms with Crippen LogP contribution in [0.15, 0.2) is 46.9 Å². The molecule has 2 aromatic carbocycles. The molecule has 0 saturated carbocycles. The lowest BCUT2D eigenvalue weighted by molar-refractivity contribution is 0.675. The third kappa shape index (κ3) is 4.32. The van der Waals surface area contributed by atoms with Crippen LogP contribution in [0.1, 0.15) is 24.5 Å². The monoisotopic (exact) mass is 346 g/mol. The molecule has 0 atom stereocenters. The Morgan fingerprint density at radius 3 is 2.67 bits per heavy atom. The maximum atomic E-state index is 3.59. The van der Waals surface area contributed by atoms with Gasteiger partial charge in [0, 0.05) is 29.4 Å². The van der Waals surface area contributed by atoms with Crippen molar-refractivity contribution in [3.63, 3.8) is 0 Å². The molecule has 0 aromatic heterocycles. The van der Waals surface area contributed by atoms with Gasteiger partial charge in [-0.15, -0.1) is 0 Å². The molecule has 0 spiro atoms. The van der Waals surface area contributed by atoms with Crippen LogP contribution in [0.25, 0.3) is 0 Å². The van der Waals surface area contributed by atoms with E-state index in [0.717, 1.165) is 24.0 Å². The van der Waals surface area contributed by atoms with Gasteiger partial charge in [-0.05, 0) is 55.3 Å². The Hall–Kier alpha value is -1.32. The second-order valence-electron chi connectivity index (χ2n) is 5.35. The average Bonchev–Trinajstić information content (AvgIpc) is 2.48. The van der Waals surface area contributed by atoms with Gasteiger partial charge in [0.25, 0.3) is 0 Å². The Labute approximate surface area is 136 Å². The first-order valence-corrected chi connectivity index (χ1v) is 8.20. The molecule has 0 aliphatic heterocycles. The number of halogens is 1. The summed E-state index contributed by atoms with van der Waals surface area (Å²) in [4.78, 5) is 2.25. The molecular weight excluding hydrogens is 324 g/mol. The van der Waals surface area contributed by atoms with Crippen LogP contribution in [0.3, 0.4) is 0 Å². The lowest BCUT2D eigenvalue weighted by Gasteiger charge is -2.23. The Morgan fingerprint density at radius 1 is 1.14 bits per heavy atom. The van der Waals surface area contributed by atoms with E-state index in [1.807, 2.05) is 0 Å². The Bertz CT molecular complexity index is 596. The second kappa shape index (κ2) is 7.62. The summed E-state index contributed by atoms with van der Waals surface area (Å²) in [6, 6.07) is 15.1. The van der Waals surface area contributed by atoms with E-state index in [9.17, 15) is 0 Å². The van der Waals surface area contributed by atoms with Crippen molar-refractivity contribution in [3.8, 4) is 0 Å². The van der Waals surface area contributed by atoms with Crippen LogP contribution >= 0.6 is 15.9 Å². The molecule has 3 heteroatoms. The van der Waals surface area contributed by atoms with Gasteiger partial charge in [-0.1, -0.05) is 41.1 Å². The van der Waals surface area contributed by atoms with E-state index in [1.54, 1.807) is 0 Å². The van der Waals surface area contributed by atoms with Crippen molar-refractivity contribution < 1.29 is 0 Å². The van der Waals surface area contributed by atoms with E-state index in [-0.39, 0.29) is 0 Å². The van der Waals surface area contributed by atoms with Crippen LogP contribution in [0.2, 0.25) is 0 Å². The van der Waals surface area contributed by atoms with Crippen LogP contribution in [-0.4, -0.2) is 13.6 Å². The van der Waals surface area contributed by atoms with Crippen molar-refractivity contribution in [1.29, 1.82) is 0 Å². The van der Waals surface area contributed by atoms with E-state index in [2.05, 4.69) is 89.5 Å². The summed E-state index contributed by atoms with van der Waals surface area (Å²) in [6.45, 7) is 6.26. The van der Waals surface area contributed by atoms with Crippen molar-refractivity contribution >= 4 is 27.3 Å². The van der Waals surface area contributed by atoms with E-state index < -0.39 is 0 Å². The lowest BCUT2D eigenvalue weighted by Crippen LogP contribution is -2.18. The summed E-state index contributed by atoms with van der Waals surface area (Å²) in [6.07, 6.45) is 1.15. The zero-order valence-corrected chi connectivity index (χ0v) is 14.6. The molecule has 0 unspecified atom stereocenters. The lowest BCUT2D eigenvalue weighted by atomic mass is 10.1. The van der Waals surface area contributed by atoms with Gasteiger partial charge in [-0.3, -0.25) is 0 Å². The first kappa shape index (κ1) is 16.1. The van der Waals surface area contributed by atoms with Crippen LogP contribution in [0.5, 0.6) is 0 Å². The number of anilines is 2. The Balaban J connectivity index is 2.30. The van der Waals surface area contributed by atoms with Gasteiger partial charge in [0.1, 0.15) is 0 Å². The quantitative estimate of drug-likeness (QED) is 0.738. The summed E-state index contributed by atoms with van der Waals surface area (Å²) in [7, 11) is 2.12. The smallest absolute Gasteiger partial charge is 0.0465 e. The van der Waals surface area contributed by atoms with Crippen molar-refractivity contribution in [2.24, 2.45) is 0 Å². The van der Waals surface area contributed by atoms with Gasteiger partial charge in [0.05, 0.1) is 0 Å². The molecule has 0 radical (unpaired) electrons. The normalized spacial score (nSPS) is 10.7. The van der Waals surface area contributed by atoms with E-state index in [4.69, 9.17) is 0 Å². The van der Waals surface area contributed by atoms with Gasteiger partial charge in [0.15, 0.2) is 0 Å². The summed E-state index contributed by atoms with van der Waals surface area (Å²) in [5.41, 5.74) is 5.04. The molecule has 2 aromatic rings. The highest BCUT2D eigenvalue weighted by atomic mass is 79.9. The molecule has 0 saturated heterocycles. The molecule has 0 bridgehead atoms. The van der Waals surface area contributed by atoms with Gasteiger partial charge in [-0.25, -0.2) is 0 Å². The predicted molar refractivity (Wildman–Crippen MR) is 95.4 cm³/mol. The fourth-order valence-electron chi connectivity index (χ4n) is 2.37. The summed E-state index contributed by atoms with van der Waals surface area (Å²) in [5.74, 6) is 0. The molecule has 0 amide bonds. The topological polar surface area (TPSA) is 15.3 Å². The summed E-state index contributed by atoms with van der Waals surface area (Å²) >= 11 is 3.59. The minimum absolute atomic E-state index is 0.895. The van der Waals surface area contributed by atoms with Crippen molar-refractivity contribution in [2.45, 2.75) is 26.8 Å². The van der Waals surface area contributed by atoms with Gasteiger partial charge in [0.2, 0.25) is 0 Å². The Kier molecular flexibility index (Phi) is 5.83. The summed E-state index contributed by atoms with van der Waals surface area (Å²) < 4.78 is 1.11. The number of nitrogens with one attached hydrogen (secondary N) is 1. The number of aryl methyl sites for hydroxylation is 1. The highest BCUT2D eigenvalue weighted by Crippen LogP contribution is 2.30. The zero-order chi connectivity index (χ0) is 15.2. The molecule has 112 valence electrons. The average molecular weight is 347 g/mol. The standard InChI is InChI=1S/C18H23BrN2/c1-4-10-20-13-15-8-9-16(19)12-18(15)21(3)17-7-5-6-14(2)11-17/h5-9,11-12,20H,4,10,13H2,1-3H3. The van der Waals surface area contributed by atoms with E-state index in [1.165, 1.54) is 22.5 Å². The highest BCUT2D eigenvalue weighted by Gasteiger charge is 2.10. The van der Waals surface area contributed by atoms with Crippen LogP contribution in [-0.2, 0) is 6.54 Å². The van der Waals surface area contributed by atoms with Gasteiger partial charge >= 0.3 is 0 Å². The van der Waals surface area contributed by atoms with Crippen LogP contribution in [0.4, 0.5) is 11.4 Å². The molecule has 0 heterocycles. The third-order valence-corrected chi connectivity index (χ3v) is 4.03. The first-order chi connectivity index (χ1) is 10.1. The SMILES string of the molecule is CCCNCc1ccc(Br)cc1N(C)c1cccc(C)c1. The fraction of sp³-hybridized carbons (Fsp3) is 0.333. The molecular formula is C18H23BrN2.